The first-order valence-corrected chi connectivity index (χ1v) is 10.8. The summed E-state index contributed by atoms with van der Waals surface area (Å²) in [5.41, 5.74) is 4.68. The van der Waals surface area contributed by atoms with Gasteiger partial charge < -0.3 is 15.2 Å². The zero-order valence-electron chi connectivity index (χ0n) is 15.9. The van der Waals surface area contributed by atoms with Crippen molar-refractivity contribution in [2.24, 2.45) is 5.73 Å². The van der Waals surface area contributed by atoms with Gasteiger partial charge in [0.25, 0.3) is 0 Å². The zero-order chi connectivity index (χ0) is 18.1. The second-order valence-electron chi connectivity index (χ2n) is 6.67. The standard InChI is InChI=1S/C18H36N2O3S/c1-5-8-10-15-22-16(21)17(19,12-14-24-4)18(23-15,11-7-3)20-13-9-6-2/h15,20H,5-14,19H2,1-4H3. The molecule has 24 heavy (non-hydrogen) atoms. The average molecular weight is 361 g/mol. The Morgan fingerprint density at radius 3 is 2.46 bits per heavy atom. The molecule has 3 unspecified atom stereocenters. The van der Waals surface area contributed by atoms with E-state index in [4.69, 9.17) is 15.2 Å². The molecular formula is C18H36N2O3S. The van der Waals surface area contributed by atoms with E-state index in [0.29, 0.717) is 12.8 Å². The van der Waals surface area contributed by atoms with E-state index < -0.39 is 17.6 Å². The molecule has 1 heterocycles. The lowest BCUT2D eigenvalue weighted by molar-refractivity contribution is -0.282. The number of unbranched alkanes of at least 4 members (excludes halogenated alkanes) is 2. The number of rotatable bonds is 12. The number of carbonyl (C=O) groups excluding carboxylic acids is 1. The van der Waals surface area contributed by atoms with Crippen LogP contribution in [0.15, 0.2) is 0 Å². The highest BCUT2D eigenvalue weighted by Gasteiger charge is 2.59. The van der Waals surface area contributed by atoms with Crippen LogP contribution in [-0.4, -0.2) is 42.1 Å². The number of nitrogens with two attached hydrogens (primary N) is 1. The molecule has 0 aliphatic carbocycles. The van der Waals surface area contributed by atoms with E-state index in [1.165, 1.54) is 0 Å². The van der Waals surface area contributed by atoms with Crippen LogP contribution >= 0.6 is 11.8 Å². The van der Waals surface area contributed by atoms with Gasteiger partial charge in [0.05, 0.1) is 0 Å². The van der Waals surface area contributed by atoms with Crippen LogP contribution in [0, 0.1) is 0 Å². The summed E-state index contributed by atoms with van der Waals surface area (Å²) in [5, 5.41) is 3.52. The molecule has 0 radical (unpaired) electrons. The normalized spacial score (nSPS) is 30.4. The minimum absolute atomic E-state index is 0.318. The Morgan fingerprint density at radius 2 is 1.88 bits per heavy atom. The minimum atomic E-state index is -1.14. The number of cyclic esters (lactones) is 1. The fourth-order valence-corrected chi connectivity index (χ4v) is 3.71. The molecule has 142 valence electrons. The second kappa shape index (κ2) is 10.6. The predicted octanol–water partition coefficient (Wildman–Crippen LogP) is 3.41. The Labute approximate surface area is 151 Å². The molecule has 0 aromatic carbocycles. The number of nitrogens with one attached hydrogen (secondary N) is 1. The van der Waals surface area contributed by atoms with E-state index in [1.54, 1.807) is 11.8 Å². The lowest BCUT2D eigenvalue weighted by Crippen LogP contribution is -2.77. The van der Waals surface area contributed by atoms with Crippen LogP contribution in [0.2, 0.25) is 0 Å². The number of esters is 1. The first kappa shape index (κ1) is 21.7. The predicted molar refractivity (Wildman–Crippen MR) is 101 cm³/mol. The van der Waals surface area contributed by atoms with Crippen molar-refractivity contribution in [2.45, 2.75) is 89.7 Å². The van der Waals surface area contributed by atoms with Crippen molar-refractivity contribution in [3.63, 3.8) is 0 Å². The van der Waals surface area contributed by atoms with Crippen molar-refractivity contribution >= 4 is 17.7 Å². The van der Waals surface area contributed by atoms with Gasteiger partial charge in [-0.2, -0.15) is 11.8 Å². The molecule has 1 aliphatic rings. The number of hydrogen-bond acceptors (Lipinski definition) is 6. The van der Waals surface area contributed by atoms with Crippen molar-refractivity contribution in [3.05, 3.63) is 0 Å². The maximum absolute atomic E-state index is 12.8. The molecule has 1 rings (SSSR count). The SMILES string of the molecule is CCCCNC1(CCC)OC(CCCC)OC(=O)C1(N)CCSC. The highest BCUT2D eigenvalue weighted by atomic mass is 32.2. The smallest absolute Gasteiger partial charge is 0.332 e. The van der Waals surface area contributed by atoms with E-state index in [-0.39, 0.29) is 5.97 Å². The van der Waals surface area contributed by atoms with E-state index in [1.807, 2.05) is 6.26 Å². The molecule has 5 nitrogen and oxygen atoms in total. The summed E-state index contributed by atoms with van der Waals surface area (Å²) in [6, 6.07) is 0. The number of hydrogen-bond donors (Lipinski definition) is 2. The van der Waals surface area contributed by atoms with Crippen molar-refractivity contribution in [1.29, 1.82) is 0 Å². The van der Waals surface area contributed by atoms with E-state index in [9.17, 15) is 4.79 Å². The Hall–Kier alpha value is -0.300. The van der Waals surface area contributed by atoms with Gasteiger partial charge in [-0.1, -0.05) is 40.0 Å². The molecule has 3 N–H and O–H groups in total. The van der Waals surface area contributed by atoms with Gasteiger partial charge in [0, 0.05) is 6.42 Å². The topological polar surface area (TPSA) is 73.6 Å². The Bertz CT molecular complexity index is 383. The van der Waals surface area contributed by atoms with E-state index in [0.717, 1.165) is 50.8 Å². The van der Waals surface area contributed by atoms with Crippen LogP contribution in [-0.2, 0) is 14.3 Å². The average Bonchev–Trinajstić information content (AvgIpc) is 2.56. The summed E-state index contributed by atoms with van der Waals surface area (Å²) in [6.45, 7) is 7.16. The Morgan fingerprint density at radius 1 is 1.17 bits per heavy atom. The third kappa shape index (κ3) is 5.10. The third-order valence-electron chi connectivity index (χ3n) is 4.69. The molecular weight excluding hydrogens is 324 g/mol. The zero-order valence-corrected chi connectivity index (χ0v) is 16.7. The third-order valence-corrected chi connectivity index (χ3v) is 5.31. The molecule has 6 heteroatoms. The monoisotopic (exact) mass is 360 g/mol. The molecule has 0 aromatic heterocycles. The summed E-state index contributed by atoms with van der Waals surface area (Å²) in [4.78, 5) is 12.8. The lowest BCUT2D eigenvalue weighted by atomic mass is 9.80. The lowest BCUT2D eigenvalue weighted by Gasteiger charge is -2.52. The van der Waals surface area contributed by atoms with Gasteiger partial charge in [-0.25, -0.2) is 4.79 Å². The van der Waals surface area contributed by atoms with Crippen molar-refractivity contribution in [2.75, 3.05) is 18.6 Å². The molecule has 0 amide bonds. The molecule has 0 saturated carbocycles. The maximum Gasteiger partial charge on any atom is 0.332 e. The van der Waals surface area contributed by atoms with Gasteiger partial charge >= 0.3 is 5.97 Å². The summed E-state index contributed by atoms with van der Waals surface area (Å²) in [7, 11) is 0. The maximum atomic E-state index is 12.8. The Balaban J connectivity index is 3.07. The summed E-state index contributed by atoms with van der Waals surface area (Å²) in [5.74, 6) is 0.483. The molecule has 0 spiro atoms. The van der Waals surface area contributed by atoms with E-state index >= 15 is 0 Å². The molecule has 1 aliphatic heterocycles. The van der Waals surface area contributed by atoms with Crippen molar-refractivity contribution < 1.29 is 14.3 Å². The highest BCUT2D eigenvalue weighted by Crippen LogP contribution is 2.38. The fourth-order valence-electron chi connectivity index (χ4n) is 3.19. The van der Waals surface area contributed by atoms with Crippen LogP contribution in [0.1, 0.15) is 72.1 Å². The highest BCUT2D eigenvalue weighted by molar-refractivity contribution is 7.98. The summed E-state index contributed by atoms with van der Waals surface area (Å²) >= 11 is 1.69. The largest absolute Gasteiger partial charge is 0.434 e. The van der Waals surface area contributed by atoms with Crippen molar-refractivity contribution in [3.8, 4) is 0 Å². The van der Waals surface area contributed by atoms with Crippen LogP contribution < -0.4 is 11.1 Å². The van der Waals surface area contributed by atoms with Gasteiger partial charge in [0.15, 0.2) is 11.3 Å². The molecule has 3 atom stereocenters. The number of carbonyl (C=O) groups is 1. The quantitative estimate of drug-likeness (QED) is 0.410. The molecule has 0 aromatic rings. The minimum Gasteiger partial charge on any atom is -0.434 e. The van der Waals surface area contributed by atoms with E-state index in [2.05, 4.69) is 26.1 Å². The van der Waals surface area contributed by atoms with Gasteiger partial charge in [0.1, 0.15) is 0 Å². The fraction of sp³-hybridized carbons (Fsp3) is 0.944. The molecule has 1 saturated heterocycles. The summed E-state index contributed by atoms with van der Waals surface area (Å²) in [6.07, 6.45) is 8.53. The van der Waals surface area contributed by atoms with Crippen LogP contribution in [0.25, 0.3) is 0 Å². The first-order chi connectivity index (χ1) is 11.5. The van der Waals surface area contributed by atoms with Gasteiger partial charge in [-0.3, -0.25) is 5.32 Å². The van der Waals surface area contributed by atoms with Gasteiger partial charge in [0.2, 0.25) is 6.29 Å². The van der Waals surface area contributed by atoms with Crippen LogP contribution in [0.4, 0.5) is 0 Å². The number of ether oxygens (including phenoxy) is 2. The Kier molecular flexibility index (Phi) is 9.64. The van der Waals surface area contributed by atoms with Crippen LogP contribution in [0.5, 0.6) is 0 Å². The van der Waals surface area contributed by atoms with Crippen LogP contribution in [0.3, 0.4) is 0 Å². The summed E-state index contributed by atoms with van der Waals surface area (Å²) < 4.78 is 11.9. The van der Waals surface area contributed by atoms with Gasteiger partial charge in [-0.05, 0) is 44.2 Å². The first-order valence-electron chi connectivity index (χ1n) is 9.41. The second-order valence-corrected chi connectivity index (χ2v) is 7.65. The van der Waals surface area contributed by atoms with Crippen molar-refractivity contribution in [1.82, 2.24) is 5.32 Å². The molecule has 0 bridgehead atoms. The van der Waals surface area contributed by atoms with Gasteiger partial charge in [-0.15, -0.1) is 0 Å². The number of thioether (sulfide) groups is 1. The molecule has 1 fully saturated rings.